The maximum atomic E-state index is 12.8. The lowest BCUT2D eigenvalue weighted by Crippen LogP contribution is -2.19. The first-order valence-corrected chi connectivity index (χ1v) is 6.30. The summed E-state index contributed by atoms with van der Waals surface area (Å²) in [5.74, 6) is -1.75. The average Bonchev–Trinajstić information content (AvgIpc) is 2.43. The highest BCUT2D eigenvalue weighted by molar-refractivity contribution is 6.30. The minimum Gasteiger partial charge on any atom is -0.492 e. The summed E-state index contributed by atoms with van der Waals surface area (Å²) in [5.41, 5.74) is 0.493. The Morgan fingerprint density at radius 3 is 2.30 bits per heavy atom. The summed E-state index contributed by atoms with van der Waals surface area (Å²) in [7, 11) is 0. The van der Waals surface area contributed by atoms with Gasteiger partial charge >= 0.3 is 5.97 Å². The van der Waals surface area contributed by atoms with Gasteiger partial charge in [0.25, 0.3) is 0 Å². The van der Waals surface area contributed by atoms with Crippen LogP contribution in [-0.4, -0.2) is 17.7 Å². The van der Waals surface area contributed by atoms with Crippen LogP contribution in [0.1, 0.15) is 11.5 Å². The highest BCUT2D eigenvalue weighted by Gasteiger charge is 2.20. The lowest BCUT2D eigenvalue weighted by Gasteiger charge is -2.14. The summed E-state index contributed by atoms with van der Waals surface area (Å²) in [5, 5.41) is 9.80. The lowest BCUT2D eigenvalue weighted by atomic mass is 10.0. The van der Waals surface area contributed by atoms with E-state index in [1.807, 2.05) is 0 Å². The number of aliphatic carboxylic acids is 1. The van der Waals surface area contributed by atoms with E-state index < -0.39 is 17.7 Å². The molecule has 2 aromatic carbocycles. The average molecular weight is 295 g/mol. The van der Waals surface area contributed by atoms with Crippen molar-refractivity contribution in [3.8, 4) is 5.75 Å². The third-order valence-electron chi connectivity index (χ3n) is 2.80. The minimum absolute atomic E-state index is 0.0391. The quantitative estimate of drug-likeness (QED) is 0.914. The van der Waals surface area contributed by atoms with E-state index in [2.05, 4.69) is 0 Å². The largest absolute Gasteiger partial charge is 0.492 e. The number of rotatable bonds is 5. The van der Waals surface area contributed by atoms with Crippen molar-refractivity contribution in [3.05, 3.63) is 64.9 Å². The molecular formula is C15H12ClFO3. The Hall–Kier alpha value is -2.07. The van der Waals surface area contributed by atoms with Gasteiger partial charge in [-0.15, -0.1) is 0 Å². The van der Waals surface area contributed by atoms with Crippen molar-refractivity contribution < 1.29 is 19.0 Å². The first kappa shape index (κ1) is 14.3. The van der Waals surface area contributed by atoms with Gasteiger partial charge < -0.3 is 9.84 Å². The van der Waals surface area contributed by atoms with Gasteiger partial charge in [-0.2, -0.15) is 0 Å². The molecular weight excluding hydrogens is 283 g/mol. The number of ether oxygens (including phenoxy) is 1. The zero-order chi connectivity index (χ0) is 14.5. The van der Waals surface area contributed by atoms with Crippen molar-refractivity contribution in [1.82, 2.24) is 0 Å². The van der Waals surface area contributed by atoms with Crippen molar-refractivity contribution >= 4 is 17.6 Å². The van der Waals surface area contributed by atoms with Crippen molar-refractivity contribution in [2.24, 2.45) is 0 Å². The predicted octanol–water partition coefficient (Wildman–Crippen LogP) is 3.73. The summed E-state index contributed by atoms with van der Waals surface area (Å²) in [6, 6.07) is 12.0. The second-order valence-electron chi connectivity index (χ2n) is 4.21. The summed E-state index contributed by atoms with van der Waals surface area (Å²) in [6.45, 7) is -0.0391. The standard InChI is InChI=1S/C15H12ClFO3/c16-11-3-7-13(8-4-11)20-9-14(15(18)19)10-1-5-12(17)6-2-10/h1-8,14H,9H2,(H,18,19). The maximum Gasteiger partial charge on any atom is 0.314 e. The second kappa shape index (κ2) is 6.39. The Morgan fingerprint density at radius 1 is 1.15 bits per heavy atom. The van der Waals surface area contributed by atoms with Crippen LogP contribution in [0.3, 0.4) is 0 Å². The van der Waals surface area contributed by atoms with E-state index in [0.717, 1.165) is 0 Å². The van der Waals surface area contributed by atoms with Crippen LogP contribution in [0.25, 0.3) is 0 Å². The van der Waals surface area contributed by atoms with Crippen LogP contribution >= 0.6 is 11.6 Å². The summed E-state index contributed by atoms with van der Waals surface area (Å²) >= 11 is 5.75. The predicted molar refractivity (Wildman–Crippen MR) is 73.7 cm³/mol. The maximum absolute atomic E-state index is 12.8. The molecule has 2 aromatic rings. The normalized spacial score (nSPS) is 11.9. The lowest BCUT2D eigenvalue weighted by molar-refractivity contribution is -0.139. The SMILES string of the molecule is O=C(O)C(COc1ccc(Cl)cc1)c1ccc(F)cc1. The summed E-state index contributed by atoms with van der Waals surface area (Å²) < 4.78 is 18.3. The second-order valence-corrected chi connectivity index (χ2v) is 4.64. The molecule has 2 rings (SSSR count). The van der Waals surface area contributed by atoms with Gasteiger partial charge in [0.2, 0.25) is 0 Å². The van der Waals surface area contributed by atoms with Crippen LogP contribution < -0.4 is 4.74 Å². The Kier molecular flexibility index (Phi) is 4.58. The molecule has 0 fully saturated rings. The summed E-state index contributed by atoms with van der Waals surface area (Å²) in [6.07, 6.45) is 0. The molecule has 0 heterocycles. The summed E-state index contributed by atoms with van der Waals surface area (Å²) in [4.78, 5) is 11.3. The third-order valence-corrected chi connectivity index (χ3v) is 3.05. The van der Waals surface area contributed by atoms with Crippen LogP contribution in [0.15, 0.2) is 48.5 Å². The fourth-order valence-electron chi connectivity index (χ4n) is 1.72. The van der Waals surface area contributed by atoms with Crippen molar-refractivity contribution in [3.63, 3.8) is 0 Å². The van der Waals surface area contributed by atoms with Gasteiger partial charge in [0.05, 0.1) is 0 Å². The van der Waals surface area contributed by atoms with Crippen LogP contribution in [0, 0.1) is 5.82 Å². The number of halogens is 2. The Morgan fingerprint density at radius 2 is 1.75 bits per heavy atom. The van der Waals surface area contributed by atoms with Gasteiger partial charge in [-0.25, -0.2) is 4.39 Å². The van der Waals surface area contributed by atoms with E-state index in [0.29, 0.717) is 16.3 Å². The molecule has 0 saturated heterocycles. The van der Waals surface area contributed by atoms with E-state index in [9.17, 15) is 14.3 Å². The number of carbonyl (C=O) groups is 1. The van der Waals surface area contributed by atoms with E-state index in [-0.39, 0.29) is 6.61 Å². The molecule has 0 aliphatic carbocycles. The molecule has 1 N–H and O–H groups in total. The van der Waals surface area contributed by atoms with E-state index in [4.69, 9.17) is 16.3 Å². The van der Waals surface area contributed by atoms with Crippen molar-refractivity contribution in [2.45, 2.75) is 5.92 Å². The first-order chi connectivity index (χ1) is 9.56. The molecule has 0 aliphatic heterocycles. The van der Waals surface area contributed by atoms with E-state index in [1.165, 1.54) is 24.3 Å². The van der Waals surface area contributed by atoms with Gasteiger partial charge in [-0.1, -0.05) is 23.7 Å². The van der Waals surface area contributed by atoms with Crippen LogP contribution in [0.4, 0.5) is 4.39 Å². The monoisotopic (exact) mass is 294 g/mol. The molecule has 0 aliphatic rings. The van der Waals surface area contributed by atoms with Gasteiger partial charge in [0, 0.05) is 5.02 Å². The topological polar surface area (TPSA) is 46.5 Å². The Labute approximate surface area is 120 Å². The van der Waals surface area contributed by atoms with Crippen LogP contribution in [0.2, 0.25) is 5.02 Å². The fraction of sp³-hybridized carbons (Fsp3) is 0.133. The Bertz CT molecular complexity index is 581. The zero-order valence-corrected chi connectivity index (χ0v) is 11.2. The Balaban J connectivity index is 2.08. The molecule has 0 bridgehead atoms. The van der Waals surface area contributed by atoms with E-state index in [1.54, 1.807) is 24.3 Å². The minimum atomic E-state index is -1.02. The highest BCUT2D eigenvalue weighted by Crippen LogP contribution is 2.20. The number of hydrogen-bond donors (Lipinski definition) is 1. The van der Waals surface area contributed by atoms with Gasteiger partial charge in [0.1, 0.15) is 24.1 Å². The van der Waals surface area contributed by atoms with Crippen LogP contribution in [0.5, 0.6) is 5.75 Å². The molecule has 0 spiro atoms. The highest BCUT2D eigenvalue weighted by atomic mass is 35.5. The zero-order valence-electron chi connectivity index (χ0n) is 10.4. The third kappa shape index (κ3) is 3.71. The van der Waals surface area contributed by atoms with Crippen molar-refractivity contribution in [2.75, 3.05) is 6.61 Å². The fourth-order valence-corrected chi connectivity index (χ4v) is 1.84. The first-order valence-electron chi connectivity index (χ1n) is 5.93. The van der Waals surface area contributed by atoms with Gasteiger partial charge in [-0.05, 0) is 42.0 Å². The van der Waals surface area contributed by atoms with E-state index >= 15 is 0 Å². The number of carboxylic acid groups (broad SMARTS) is 1. The van der Waals surface area contributed by atoms with Gasteiger partial charge in [-0.3, -0.25) is 4.79 Å². The smallest absolute Gasteiger partial charge is 0.314 e. The molecule has 1 atom stereocenters. The molecule has 20 heavy (non-hydrogen) atoms. The molecule has 0 amide bonds. The molecule has 104 valence electrons. The molecule has 0 aromatic heterocycles. The number of carboxylic acids is 1. The molecule has 0 saturated carbocycles. The van der Waals surface area contributed by atoms with Crippen LogP contribution in [-0.2, 0) is 4.79 Å². The number of benzene rings is 2. The molecule has 0 radical (unpaired) electrons. The number of hydrogen-bond acceptors (Lipinski definition) is 2. The van der Waals surface area contributed by atoms with Gasteiger partial charge in [0.15, 0.2) is 0 Å². The molecule has 3 nitrogen and oxygen atoms in total. The molecule has 5 heteroatoms. The van der Waals surface area contributed by atoms with Crippen molar-refractivity contribution in [1.29, 1.82) is 0 Å². The molecule has 1 unspecified atom stereocenters.